The summed E-state index contributed by atoms with van der Waals surface area (Å²) in [5.74, 6) is 0. The Morgan fingerprint density at radius 1 is 0.314 bits per heavy atom. The maximum Gasteiger partial charge on any atom is 0.500 e. The Labute approximate surface area is 223 Å². The van der Waals surface area contributed by atoms with E-state index in [0.29, 0.717) is 0 Å². The van der Waals surface area contributed by atoms with Crippen molar-refractivity contribution in [2.24, 2.45) is 0 Å². The molecule has 212 valence electrons. The quantitative estimate of drug-likeness (QED) is 0.0704. The fourth-order valence-electron chi connectivity index (χ4n) is 5.21. The summed E-state index contributed by atoms with van der Waals surface area (Å²) >= 11 is 0. The third kappa shape index (κ3) is 24.2. The first-order valence-electron chi connectivity index (χ1n) is 15.9. The molecule has 0 aliphatic rings. The monoisotopic (exact) mass is 514 g/mol. The summed E-state index contributed by atoms with van der Waals surface area (Å²) in [6.45, 7) is 2.30. The molecule has 0 unspecified atom stereocenters. The summed E-state index contributed by atoms with van der Waals surface area (Å²) in [4.78, 5) is 0. The first kappa shape index (κ1) is 35.1. The number of unbranched alkanes of at least 4 members (excludes halogenated alkanes) is 25. The van der Waals surface area contributed by atoms with Gasteiger partial charge in [0.1, 0.15) is 0 Å². The van der Waals surface area contributed by atoms with Crippen LogP contribution in [0.3, 0.4) is 0 Å². The largest absolute Gasteiger partial charge is 0.500 e. The van der Waals surface area contributed by atoms with Crippen molar-refractivity contribution in [3.63, 3.8) is 0 Å². The molecule has 0 atom stereocenters. The smallest absolute Gasteiger partial charge is 0.377 e. The average Bonchev–Trinajstić information content (AvgIpc) is 2.89. The molecule has 0 saturated heterocycles. The maximum atomic E-state index is 5.49. The predicted molar refractivity (Wildman–Crippen MR) is 157 cm³/mol. The normalized spacial score (nSPS) is 12.0. The molecular weight excluding hydrogens is 448 g/mol. The van der Waals surface area contributed by atoms with Gasteiger partial charge < -0.3 is 13.3 Å². The third-order valence-electron chi connectivity index (χ3n) is 7.77. The van der Waals surface area contributed by atoms with Crippen LogP contribution < -0.4 is 0 Å². The molecule has 0 heterocycles. The number of hydrogen-bond donors (Lipinski definition) is 0. The van der Waals surface area contributed by atoms with E-state index in [1.807, 2.05) is 0 Å². The zero-order chi connectivity index (χ0) is 25.7. The van der Waals surface area contributed by atoms with E-state index in [-0.39, 0.29) is 0 Å². The highest BCUT2D eigenvalue weighted by atomic mass is 28.4. The highest BCUT2D eigenvalue weighted by molar-refractivity contribution is 6.60. The van der Waals surface area contributed by atoms with Crippen LogP contribution in [0.5, 0.6) is 0 Å². The van der Waals surface area contributed by atoms with Crippen LogP contribution in [0.1, 0.15) is 174 Å². The van der Waals surface area contributed by atoms with E-state index >= 15 is 0 Å². The first-order valence-corrected chi connectivity index (χ1v) is 17.8. The van der Waals surface area contributed by atoms with Gasteiger partial charge in [0.05, 0.1) is 0 Å². The highest BCUT2D eigenvalue weighted by Gasteiger charge is 2.36. The Bertz CT molecular complexity index is 379. The lowest BCUT2D eigenvalue weighted by atomic mass is 10.0. The second-order valence-electron chi connectivity index (χ2n) is 10.9. The lowest BCUT2D eigenvalue weighted by Gasteiger charge is -2.24. The molecule has 0 bridgehead atoms. The van der Waals surface area contributed by atoms with Gasteiger partial charge in [0.25, 0.3) is 0 Å². The summed E-state index contributed by atoms with van der Waals surface area (Å²) in [5, 5.41) is 0. The van der Waals surface area contributed by atoms with Gasteiger partial charge in [-0.2, -0.15) is 0 Å². The van der Waals surface area contributed by atoms with E-state index in [4.69, 9.17) is 13.3 Å². The van der Waals surface area contributed by atoms with E-state index in [1.54, 1.807) is 21.3 Å². The zero-order valence-corrected chi connectivity index (χ0v) is 25.8. The zero-order valence-electron chi connectivity index (χ0n) is 24.8. The lowest BCUT2D eigenvalue weighted by Crippen LogP contribution is -2.42. The molecule has 0 rings (SSSR count). The average molecular weight is 515 g/mol. The van der Waals surface area contributed by atoms with Gasteiger partial charge in [-0.25, -0.2) is 0 Å². The van der Waals surface area contributed by atoms with Crippen LogP contribution in [0.4, 0.5) is 0 Å². The minimum atomic E-state index is -2.34. The molecule has 0 aliphatic heterocycles. The molecular formula is C31H66O3Si. The fourth-order valence-corrected chi connectivity index (χ4v) is 7.01. The van der Waals surface area contributed by atoms with Gasteiger partial charge in [0, 0.05) is 27.4 Å². The molecule has 0 amide bonds. The number of rotatable bonds is 30. The van der Waals surface area contributed by atoms with Crippen molar-refractivity contribution in [2.45, 2.75) is 180 Å². The van der Waals surface area contributed by atoms with E-state index in [2.05, 4.69) is 6.92 Å². The SMILES string of the molecule is CCCCCCCCCCCCCCCCCCCCCCCCCCCC[Si](OC)(OC)OC. The summed E-state index contributed by atoms with van der Waals surface area (Å²) < 4.78 is 16.5. The maximum absolute atomic E-state index is 5.49. The van der Waals surface area contributed by atoms with Crippen LogP contribution in [-0.4, -0.2) is 30.1 Å². The molecule has 0 N–H and O–H groups in total. The molecule has 0 aromatic carbocycles. The Morgan fingerprint density at radius 2 is 0.514 bits per heavy atom. The molecule has 0 fully saturated rings. The van der Waals surface area contributed by atoms with Gasteiger partial charge >= 0.3 is 8.80 Å². The summed E-state index contributed by atoms with van der Waals surface area (Å²) in [6.07, 6.45) is 37.2. The summed E-state index contributed by atoms with van der Waals surface area (Å²) in [5.41, 5.74) is 0. The molecule has 0 aliphatic carbocycles. The van der Waals surface area contributed by atoms with Crippen LogP contribution >= 0.6 is 0 Å². The number of hydrogen-bond acceptors (Lipinski definition) is 3. The summed E-state index contributed by atoms with van der Waals surface area (Å²) in [7, 11) is 2.79. The van der Waals surface area contributed by atoms with Gasteiger partial charge in [0.15, 0.2) is 0 Å². The van der Waals surface area contributed by atoms with Crippen molar-refractivity contribution in [3.05, 3.63) is 0 Å². The van der Waals surface area contributed by atoms with Crippen LogP contribution in [-0.2, 0) is 13.3 Å². The van der Waals surface area contributed by atoms with Crippen LogP contribution in [0.2, 0.25) is 6.04 Å². The molecule has 0 spiro atoms. The second kappa shape index (κ2) is 28.7. The molecule has 0 saturated carbocycles. The minimum absolute atomic E-state index is 0.940. The van der Waals surface area contributed by atoms with E-state index in [0.717, 1.165) is 12.5 Å². The van der Waals surface area contributed by atoms with Crippen LogP contribution in [0.15, 0.2) is 0 Å². The van der Waals surface area contributed by atoms with Gasteiger partial charge in [-0.05, 0) is 6.42 Å². The van der Waals surface area contributed by atoms with Crippen molar-refractivity contribution in [1.82, 2.24) is 0 Å². The molecule has 0 aromatic heterocycles. The fraction of sp³-hybridized carbons (Fsp3) is 1.00. The first-order chi connectivity index (χ1) is 17.2. The van der Waals surface area contributed by atoms with Crippen molar-refractivity contribution >= 4 is 8.80 Å². The minimum Gasteiger partial charge on any atom is -0.377 e. The van der Waals surface area contributed by atoms with Gasteiger partial charge in [-0.1, -0.05) is 167 Å². The Balaban J connectivity index is 3.14. The molecule has 0 radical (unpaired) electrons. The van der Waals surface area contributed by atoms with E-state index in [9.17, 15) is 0 Å². The molecule has 35 heavy (non-hydrogen) atoms. The highest BCUT2D eigenvalue weighted by Crippen LogP contribution is 2.19. The van der Waals surface area contributed by atoms with Gasteiger partial charge in [-0.3, -0.25) is 0 Å². The van der Waals surface area contributed by atoms with Crippen molar-refractivity contribution in [1.29, 1.82) is 0 Å². The van der Waals surface area contributed by atoms with E-state index < -0.39 is 8.80 Å². The Kier molecular flexibility index (Phi) is 28.7. The predicted octanol–water partition coefficient (Wildman–Crippen LogP) is 11.0. The van der Waals surface area contributed by atoms with Crippen LogP contribution in [0, 0.1) is 0 Å². The Hall–Kier alpha value is 0.0969. The van der Waals surface area contributed by atoms with Gasteiger partial charge in [-0.15, -0.1) is 0 Å². The van der Waals surface area contributed by atoms with Crippen molar-refractivity contribution < 1.29 is 13.3 Å². The summed E-state index contributed by atoms with van der Waals surface area (Å²) in [6, 6.07) is 0.940. The molecule has 4 heteroatoms. The van der Waals surface area contributed by atoms with Crippen molar-refractivity contribution in [2.75, 3.05) is 21.3 Å². The standard InChI is InChI=1S/C31H66O3Si/c1-5-6-7-8-9-10-11-12-13-14-15-16-17-18-19-20-21-22-23-24-25-26-27-28-29-30-31-35(32-2,33-3)34-4/h5-31H2,1-4H3. The second-order valence-corrected chi connectivity index (χ2v) is 14.0. The topological polar surface area (TPSA) is 27.7 Å². The van der Waals surface area contributed by atoms with Crippen LogP contribution in [0.25, 0.3) is 0 Å². The lowest BCUT2D eigenvalue weighted by molar-refractivity contribution is 0.122. The Morgan fingerprint density at radius 3 is 0.714 bits per heavy atom. The van der Waals surface area contributed by atoms with Gasteiger partial charge in [0.2, 0.25) is 0 Å². The molecule has 0 aromatic rings. The molecule has 3 nitrogen and oxygen atoms in total. The third-order valence-corrected chi connectivity index (χ3v) is 10.6. The van der Waals surface area contributed by atoms with E-state index in [1.165, 1.54) is 161 Å². The van der Waals surface area contributed by atoms with Crippen molar-refractivity contribution in [3.8, 4) is 0 Å².